The Kier molecular flexibility index (Phi) is 8.81. The number of hydrogen-bond donors (Lipinski definition) is 3. The number of aliphatic hydroxyl groups is 1. The summed E-state index contributed by atoms with van der Waals surface area (Å²) in [6.07, 6.45) is -0.719. The third-order valence-electron chi connectivity index (χ3n) is 4.20. The highest BCUT2D eigenvalue weighted by atomic mass is 16.5. The molecule has 0 aliphatic rings. The predicted octanol–water partition coefficient (Wildman–Crippen LogP) is 3.65. The summed E-state index contributed by atoms with van der Waals surface area (Å²) < 4.78 is 5.31. The molecule has 27 heavy (non-hydrogen) atoms. The van der Waals surface area contributed by atoms with Gasteiger partial charge in [-0.1, -0.05) is 74.5 Å². The fourth-order valence-electron chi connectivity index (χ4n) is 2.76. The summed E-state index contributed by atoms with van der Waals surface area (Å²) in [5, 5.41) is 16.8. The molecule has 2 atom stereocenters. The third-order valence-corrected chi connectivity index (χ3v) is 4.20. The fourth-order valence-corrected chi connectivity index (χ4v) is 2.76. The normalized spacial score (nSPS) is 13.2. The summed E-state index contributed by atoms with van der Waals surface area (Å²) in [5.41, 5.74) is 1.77. The van der Waals surface area contributed by atoms with E-state index < -0.39 is 18.2 Å². The maximum absolute atomic E-state index is 12.3. The quantitative estimate of drug-likeness (QED) is 0.558. The topological polar surface area (TPSA) is 70.6 Å². The molecule has 2 rings (SSSR count). The van der Waals surface area contributed by atoms with Crippen molar-refractivity contribution in [2.24, 2.45) is 5.92 Å². The predicted molar refractivity (Wildman–Crippen MR) is 107 cm³/mol. The first-order valence-electron chi connectivity index (χ1n) is 9.47. The molecule has 3 N–H and O–H groups in total. The first-order chi connectivity index (χ1) is 13.1. The Morgan fingerprint density at radius 2 is 1.67 bits per heavy atom. The minimum absolute atomic E-state index is 0.195. The van der Waals surface area contributed by atoms with Gasteiger partial charge in [-0.05, 0) is 36.6 Å². The van der Waals surface area contributed by atoms with Gasteiger partial charge in [0.25, 0.3) is 0 Å². The van der Waals surface area contributed by atoms with E-state index in [1.807, 2.05) is 60.7 Å². The number of carbonyl (C=O) groups excluding carboxylic acids is 1. The van der Waals surface area contributed by atoms with Crippen LogP contribution in [-0.2, 0) is 11.3 Å². The standard InChI is InChI=1S/C22H30N2O3/c1-17(2)15-23-14-13-20(25)21(19-11-7-4-8-12-19)24-22(26)27-16-18-9-5-3-6-10-18/h3-12,17,20-21,23,25H,13-16H2,1-2H3,(H,24,26)/t20-,21?/m0/s1. The highest BCUT2D eigenvalue weighted by molar-refractivity contribution is 5.68. The molecule has 0 radical (unpaired) electrons. The van der Waals surface area contributed by atoms with Crippen molar-refractivity contribution in [3.8, 4) is 0 Å². The van der Waals surface area contributed by atoms with Crippen LogP contribution in [-0.4, -0.2) is 30.4 Å². The lowest BCUT2D eigenvalue weighted by Gasteiger charge is -2.24. The van der Waals surface area contributed by atoms with E-state index in [2.05, 4.69) is 24.5 Å². The van der Waals surface area contributed by atoms with E-state index in [4.69, 9.17) is 4.74 Å². The third kappa shape index (κ3) is 7.81. The van der Waals surface area contributed by atoms with E-state index in [-0.39, 0.29) is 6.61 Å². The molecule has 5 nitrogen and oxygen atoms in total. The SMILES string of the molecule is CC(C)CNCC[C@H](O)C(NC(=O)OCc1ccccc1)c1ccccc1. The molecule has 2 aromatic carbocycles. The molecule has 0 fully saturated rings. The number of amides is 1. The maximum atomic E-state index is 12.3. The maximum Gasteiger partial charge on any atom is 0.408 e. The van der Waals surface area contributed by atoms with Gasteiger partial charge in [0.05, 0.1) is 12.1 Å². The van der Waals surface area contributed by atoms with Crippen molar-refractivity contribution in [1.82, 2.24) is 10.6 Å². The molecule has 2 aromatic rings. The van der Waals surface area contributed by atoms with Gasteiger partial charge in [-0.15, -0.1) is 0 Å². The first kappa shape index (κ1) is 20.9. The van der Waals surface area contributed by atoms with Crippen molar-refractivity contribution in [2.45, 2.75) is 39.0 Å². The van der Waals surface area contributed by atoms with Crippen LogP contribution in [0.25, 0.3) is 0 Å². The number of rotatable bonds is 10. The van der Waals surface area contributed by atoms with Gasteiger partial charge in [-0.2, -0.15) is 0 Å². The first-order valence-corrected chi connectivity index (χ1v) is 9.47. The summed E-state index contributed by atoms with van der Waals surface area (Å²) in [7, 11) is 0. The molecule has 1 amide bonds. The average Bonchev–Trinajstić information content (AvgIpc) is 2.69. The Hall–Kier alpha value is -2.37. The van der Waals surface area contributed by atoms with Crippen molar-refractivity contribution in [3.63, 3.8) is 0 Å². The Balaban J connectivity index is 1.92. The Bertz CT molecular complexity index is 662. The molecule has 0 saturated carbocycles. The molecule has 0 aliphatic carbocycles. The van der Waals surface area contributed by atoms with Crippen molar-refractivity contribution in [1.29, 1.82) is 0 Å². The van der Waals surface area contributed by atoms with E-state index in [9.17, 15) is 9.90 Å². The van der Waals surface area contributed by atoms with Crippen molar-refractivity contribution < 1.29 is 14.6 Å². The second-order valence-corrected chi connectivity index (χ2v) is 7.05. The molecular formula is C22H30N2O3. The van der Waals surface area contributed by atoms with E-state index in [1.54, 1.807) is 0 Å². The summed E-state index contributed by atoms with van der Waals surface area (Å²) in [5.74, 6) is 0.554. The summed E-state index contributed by atoms with van der Waals surface area (Å²) in [4.78, 5) is 12.3. The van der Waals surface area contributed by atoms with Gasteiger partial charge in [-0.25, -0.2) is 4.79 Å². The molecule has 1 unspecified atom stereocenters. The number of aliphatic hydroxyl groups excluding tert-OH is 1. The van der Waals surface area contributed by atoms with Crippen LogP contribution in [0.15, 0.2) is 60.7 Å². The minimum atomic E-state index is -0.712. The van der Waals surface area contributed by atoms with Crippen LogP contribution in [0.1, 0.15) is 37.4 Å². The van der Waals surface area contributed by atoms with Crippen molar-refractivity contribution in [3.05, 3.63) is 71.8 Å². The molecule has 0 aliphatic heterocycles. The zero-order valence-corrected chi connectivity index (χ0v) is 16.1. The van der Waals surface area contributed by atoms with Crippen LogP contribution in [0, 0.1) is 5.92 Å². The fraction of sp³-hybridized carbons (Fsp3) is 0.409. The van der Waals surface area contributed by atoms with Gasteiger partial charge in [0.2, 0.25) is 0 Å². The highest BCUT2D eigenvalue weighted by Crippen LogP contribution is 2.19. The number of nitrogens with one attached hydrogen (secondary N) is 2. The summed E-state index contributed by atoms with van der Waals surface area (Å²) >= 11 is 0. The number of ether oxygens (including phenoxy) is 1. The molecule has 0 spiro atoms. The van der Waals surface area contributed by atoms with Gasteiger partial charge < -0.3 is 20.5 Å². The molecule has 5 heteroatoms. The highest BCUT2D eigenvalue weighted by Gasteiger charge is 2.23. The molecule has 146 valence electrons. The number of hydrogen-bond acceptors (Lipinski definition) is 4. The molecule has 0 saturated heterocycles. The smallest absolute Gasteiger partial charge is 0.408 e. The van der Waals surface area contributed by atoms with E-state index >= 15 is 0 Å². The Morgan fingerprint density at radius 1 is 1.04 bits per heavy atom. The molecular weight excluding hydrogens is 340 g/mol. The van der Waals surface area contributed by atoms with Crippen molar-refractivity contribution in [2.75, 3.05) is 13.1 Å². The van der Waals surface area contributed by atoms with Crippen LogP contribution in [0.4, 0.5) is 4.79 Å². The lowest BCUT2D eigenvalue weighted by atomic mass is 9.99. The van der Waals surface area contributed by atoms with Gasteiger partial charge in [-0.3, -0.25) is 0 Å². The lowest BCUT2D eigenvalue weighted by Crippen LogP contribution is -2.38. The van der Waals surface area contributed by atoms with Gasteiger partial charge in [0, 0.05) is 0 Å². The van der Waals surface area contributed by atoms with Gasteiger partial charge in [0.15, 0.2) is 0 Å². The largest absolute Gasteiger partial charge is 0.445 e. The number of alkyl carbamates (subject to hydrolysis) is 1. The Labute approximate surface area is 161 Å². The van der Waals surface area contributed by atoms with Gasteiger partial charge >= 0.3 is 6.09 Å². The van der Waals surface area contributed by atoms with Crippen LogP contribution in [0.2, 0.25) is 0 Å². The zero-order chi connectivity index (χ0) is 19.5. The number of benzene rings is 2. The zero-order valence-electron chi connectivity index (χ0n) is 16.1. The van der Waals surface area contributed by atoms with Crippen LogP contribution in [0.5, 0.6) is 0 Å². The summed E-state index contributed by atoms with van der Waals surface area (Å²) in [6.45, 7) is 6.06. The average molecular weight is 370 g/mol. The van der Waals surface area contributed by atoms with E-state index in [0.717, 1.165) is 17.7 Å². The number of carbonyl (C=O) groups is 1. The lowest BCUT2D eigenvalue weighted by molar-refractivity contribution is 0.0963. The Morgan fingerprint density at radius 3 is 2.30 bits per heavy atom. The van der Waals surface area contributed by atoms with Crippen LogP contribution in [0.3, 0.4) is 0 Å². The van der Waals surface area contributed by atoms with Gasteiger partial charge in [0.1, 0.15) is 6.61 Å². The monoisotopic (exact) mass is 370 g/mol. The second kappa shape index (κ2) is 11.4. The van der Waals surface area contributed by atoms with Crippen LogP contribution < -0.4 is 10.6 Å². The van der Waals surface area contributed by atoms with Crippen LogP contribution >= 0.6 is 0 Å². The van der Waals surface area contributed by atoms with E-state index in [1.165, 1.54) is 0 Å². The molecule has 0 heterocycles. The second-order valence-electron chi connectivity index (χ2n) is 7.05. The minimum Gasteiger partial charge on any atom is -0.445 e. The molecule has 0 aromatic heterocycles. The van der Waals surface area contributed by atoms with Crippen molar-refractivity contribution >= 4 is 6.09 Å². The summed E-state index contributed by atoms with van der Waals surface area (Å²) in [6, 6.07) is 18.5. The molecule has 0 bridgehead atoms. The van der Waals surface area contributed by atoms with E-state index in [0.29, 0.717) is 18.9 Å².